The Balaban J connectivity index is 2.19. The van der Waals surface area contributed by atoms with E-state index in [-0.39, 0.29) is 0 Å². The third kappa shape index (κ3) is 3.19. The third-order valence-corrected chi connectivity index (χ3v) is 2.54. The molecule has 0 aliphatic rings. The van der Waals surface area contributed by atoms with Crippen LogP contribution in [-0.4, -0.2) is 5.49 Å². The van der Waals surface area contributed by atoms with Gasteiger partial charge in [-0.2, -0.15) is 0 Å². The molecule has 2 nitrogen and oxygen atoms in total. The Kier molecular flexibility index (Phi) is 3.96. The molecule has 2 rings (SSSR count). The molecule has 1 N–H and O–H groups in total. The molecular weight excluding hydrogens is 254 g/mol. The minimum Gasteiger partial charge on any atom is -0.456 e. The van der Waals surface area contributed by atoms with Crippen LogP contribution in [0.2, 0.25) is 5.02 Å². The first-order valence-corrected chi connectivity index (χ1v) is 5.87. The van der Waals surface area contributed by atoms with E-state index in [0.717, 1.165) is 11.4 Å². The number of para-hydroxylation sites is 1. The van der Waals surface area contributed by atoms with E-state index < -0.39 is 0 Å². The summed E-state index contributed by atoms with van der Waals surface area (Å²) in [6.45, 7) is 0. The largest absolute Gasteiger partial charge is 0.456 e. The predicted octanol–water partition coefficient (Wildman–Crippen LogP) is 4.50. The van der Waals surface area contributed by atoms with Gasteiger partial charge in [0, 0.05) is 5.69 Å². The Hall–Kier alpha value is -1.58. The molecule has 86 valence electrons. The first-order chi connectivity index (χ1) is 8.29. The van der Waals surface area contributed by atoms with Crippen molar-refractivity contribution in [1.82, 2.24) is 0 Å². The minimum absolute atomic E-state index is 0.538. The molecule has 0 fully saturated rings. The molecule has 2 aromatic rings. The molecule has 0 saturated carbocycles. The number of halogens is 1. The number of hydrogen-bond donors (Lipinski definition) is 1. The Morgan fingerprint density at radius 2 is 1.88 bits per heavy atom. The lowest BCUT2D eigenvalue weighted by atomic mass is 10.3. The van der Waals surface area contributed by atoms with Crippen molar-refractivity contribution < 1.29 is 4.74 Å². The average Bonchev–Trinajstić information content (AvgIpc) is 2.34. The second-order valence-electron chi connectivity index (χ2n) is 3.32. The van der Waals surface area contributed by atoms with E-state index in [9.17, 15) is 0 Å². The van der Waals surface area contributed by atoms with Crippen LogP contribution in [0, 0.1) is 0 Å². The Bertz CT molecular complexity index is 516. The summed E-state index contributed by atoms with van der Waals surface area (Å²) in [5.74, 6) is 1.37. The number of thiocarbonyl (C=S) groups is 1. The summed E-state index contributed by atoms with van der Waals surface area (Å²) in [5, 5.41) is 3.43. The van der Waals surface area contributed by atoms with E-state index in [1.807, 2.05) is 36.4 Å². The lowest BCUT2D eigenvalue weighted by molar-refractivity contribution is 0.483. The maximum absolute atomic E-state index is 6.10. The van der Waals surface area contributed by atoms with E-state index >= 15 is 0 Å². The SMILES string of the molecule is S=CNc1ccc(Oc2ccccc2)c(Cl)c1. The zero-order valence-corrected chi connectivity index (χ0v) is 10.5. The highest BCUT2D eigenvalue weighted by Gasteiger charge is 2.03. The van der Waals surface area contributed by atoms with Gasteiger partial charge < -0.3 is 10.1 Å². The summed E-state index contributed by atoms with van der Waals surface area (Å²) in [7, 11) is 0. The Labute approximate surface area is 110 Å². The third-order valence-electron chi connectivity index (χ3n) is 2.13. The van der Waals surface area contributed by atoms with Crippen LogP contribution in [0.25, 0.3) is 0 Å². The first-order valence-electron chi connectivity index (χ1n) is 5.02. The Morgan fingerprint density at radius 3 is 2.53 bits per heavy atom. The molecular formula is C13H10ClNOS. The maximum Gasteiger partial charge on any atom is 0.146 e. The number of hydrogen-bond acceptors (Lipinski definition) is 2. The molecule has 0 spiro atoms. The van der Waals surface area contributed by atoms with Crippen molar-refractivity contribution in [3.63, 3.8) is 0 Å². The van der Waals surface area contributed by atoms with Gasteiger partial charge in [0.1, 0.15) is 11.5 Å². The number of anilines is 1. The predicted molar refractivity (Wildman–Crippen MR) is 75.2 cm³/mol. The van der Waals surface area contributed by atoms with Crippen LogP contribution < -0.4 is 10.1 Å². The van der Waals surface area contributed by atoms with Crippen molar-refractivity contribution in [1.29, 1.82) is 0 Å². The molecule has 0 bridgehead atoms. The fraction of sp³-hybridized carbons (Fsp3) is 0. The molecule has 0 unspecified atom stereocenters. The van der Waals surface area contributed by atoms with Gasteiger partial charge >= 0.3 is 0 Å². The second-order valence-corrected chi connectivity index (χ2v) is 3.97. The molecule has 0 aliphatic carbocycles. The number of rotatable bonds is 4. The van der Waals surface area contributed by atoms with Crippen LogP contribution in [0.15, 0.2) is 48.5 Å². The van der Waals surface area contributed by atoms with E-state index in [1.165, 1.54) is 5.49 Å². The minimum atomic E-state index is 0.538. The lowest BCUT2D eigenvalue weighted by Gasteiger charge is -2.08. The molecule has 0 radical (unpaired) electrons. The number of benzene rings is 2. The molecule has 4 heteroatoms. The second kappa shape index (κ2) is 5.66. The van der Waals surface area contributed by atoms with Crippen LogP contribution >= 0.6 is 23.8 Å². The van der Waals surface area contributed by atoms with E-state index in [1.54, 1.807) is 12.1 Å². The summed E-state index contributed by atoms with van der Waals surface area (Å²) in [5.41, 5.74) is 2.27. The molecule has 0 saturated heterocycles. The zero-order valence-electron chi connectivity index (χ0n) is 8.89. The van der Waals surface area contributed by atoms with Crippen molar-refractivity contribution in [2.75, 3.05) is 5.32 Å². The van der Waals surface area contributed by atoms with Gasteiger partial charge in [0.05, 0.1) is 10.5 Å². The van der Waals surface area contributed by atoms with Gasteiger partial charge in [0.2, 0.25) is 0 Å². The highest BCUT2D eigenvalue weighted by atomic mass is 35.5. The van der Waals surface area contributed by atoms with Crippen LogP contribution in [0.3, 0.4) is 0 Å². The number of nitrogens with one attached hydrogen (secondary N) is 1. The molecule has 2 aromatic carbocycles. The summed E-state index contributed by atoms with van der Waals surface area (Å²) >= 11 is 10.8. The summed E-state index contributed by atoms with van der Waals surface area (Å²) in [6, 6.07) is 14.9. The van der Waals surface area contributed by atoms with Crippen molar-refractivity contribution in [3.8, 4) is 11.5 Å². The van der Waals surface area contributed by atoms with Crippen LogP contribution in [0.4, 0.5) is 5.69 Å². The van der Waals surface area contributed by atoms with Crippen molar-refractivity contribution >= 4 is 35.0 Å². The van der Waals surface area contributed by atoms with E-state index in [4.69, 9.17) is 28.6 Å². The molecule has 0 heterocycles. The van der Waals surface area contributed by atoms with Gasteiger partial charge in [-0.15, -0.1) is 0 Å². The fourth-order valence-electron chi connectivity index (χ4n) is 1.36. The average molecular weight is 264 g/mol. The Morgan fingerprint density at radius 1 is 1.12 bits per heavy atom. The van der Waals surface area contributed by atoms with Gasteiger partial charge in [0.25, 0.3) is 0 Å². The van der Waals surface area contributed by atoms with Crippen LogP contribution in [0.1, 0.15) is 0 Å². The van der Waals surface area contributed by atoms with E-state index in [0.29, 0.717) is 10.8 Å². The highest BCUT2D eigenvalue weighted by Crippen LogP contribution is 2.31. The maximum atomic E-state index is 6.10. The molecule has 0 atom stereocenters. The quantitative estimate of drug-likeness (QED) is 0.821. The van der Waals surface area contributed by atoms with Crippen LogP contribution in [0.5, 0.6) is 11.5 Å². The molecule has 0 aliphatic heterocycles. The lowest BCUT2D eigenvalue weighted by Crippen LogP contribution is -1.92. The van der Waals surface area contributed by atoms with Crippen molar-refractivity contribution in [2.45, 2.75) is 0 Å². The van der Waals surface area contributed by atoms with Gasteiger partial charge in [-0.3, -0.25) is 0 Å². The number of ether oxygens (including phenoxy) is 1. The van der Waals surface area contributed by atoms with Crippen LogP contribution in [-0.2, 0) is 0 Å². The van der Waals surface area contributed by atoms with Gasteiger partial charge in [0.15, 0.2) is 0 Å². The monoisotopic (exact) mass is 263 g/mol. The van der Waals surface area contributed by atoms with Crippen molar-refractivity contribution in [2.24, 2.45) is 0 Å². The molecule has 17 heavy (non-hydrogen) atoms. The summed E-state index contributed by atoms with van der Waals surface area (Å²) in [4.78, 5) is 0. The first kappa shape index (κ1) is 11.9. The summed E-state index contributed by atoms with van der Waals surface area (Å²) < 4.78 is 5.65. The smallest absolute Gasteiger partial charge is 0.146 e. The molecule has 0 aromatic heterocycles. The van der Waals surface area contributed by atoms with Crippen molar-refractivity contribution in [3.05, 3.63) is 53.6 Å². The van der Waals surface area contributed by atoms with Gasteiger partial charge in [-0.05, 0) is 30.3 Å². The topological polar surface area (TPSA) is 21.3 Å². The van der Waals surface area contributed by atoms with Gasteiger partial charge in [-0.1, -0.05) is 42.0 Å². The highest BCUT2D eigenvalue weighted by molar-refractivity contribution is 7.79. The standard InChI is InChI=1S/C13H10ClNOS/c14-12-8-10(15-9-17)6-7-13(12)16-11-4-2-1-3-5-11/h1-9H,(H,15,17). The zero-order chi connectivity index (χ0) is 12.1. The van der Waals surface area contributed by atoms with E-state index in [2.05, 4.69) is 5.32 Å². The fourth-order valence-corrected chi connectivity index (χ4v) is 1.71. The molecule has 0 amide bonds. The van der Waals surface area contributed by atoms with Gasteiger partial charge in [-0.25, -0.2) is 0 Å². The summed E-state index contributed by atoms with van der Waals surface area (Å²) in [6.07, 6.45) is 0. The normalized spacial score (nSPS) is 9.71.